The summed E-state index contributed by atoms with van der Waals surface area (Å²) in [5, 5.41) is 0. The first-order chi connectivity index (χ1) is 9.15. The van der Waals surface area contributed by atoms with E-state index in [-0.39, 0.29) is 11.4 Å². The number of nitrogens with zero attached hydrogens (tertiary/aromatic N) is 1. The van der Waals surface area contributed by atoms with E-state index in [4.69, 9.17) is 7.85 Å². The molecule has 3 rings (SSSR count). The molecule has 0 spiro atoms. The second-order valence-electron chi connectivity index (χ2n) is 5.72. The van der Waals surface area contributed by atoms with E-state index < -0.39 is 5.82 Å². The number of benzene rings is 1. The minimum atomic E-state index is -0.494. The lowest BCUT2D eigenvalue weighted by molar-refractivity contribution is 0.0737. The third-order valence-corrected chi connectivity index (χ3v) is 4.30. The van der Waals surface area contributed by atoms with Crippen LogP contribution in [0.1, 0.15) is 48.0 Å². The van der Waals surface area contributed by atoms with Crippen molar-refractivity contribution >= 4 is 19.2 Å². The minimum Gasteiger partial charge on any atom is -0.334 e. The summed E-state index contributed by atoms with van der Waals surface area (Å²) in [4.78, 5) is 14.1. The molecule has 0 aromatic heterocycles. The average Bonchev–Trinajstić information content (AvgIpc) is 2.69. The van der Waals surface area contributed by atoms with Gasteiger partial charge in [-0.1, -0.05) is 30.8 Å². The molecule has 1 aliphatic heterocycles. The summed E-state index contributed by atoms with van der Waals surface area (Å²) >= 11 is 0. The van der Waals surface area contributed by atoms with Crippen LogP contribution in [0.2, 0.25) is 0 Å². The van der Waals surface area contributed by atoms with E-state index in [0.29, 0.717) is 18.0 Å². The number of carbonyl (C=O) groups is 1. The molecule has 1 aromatic carbocycles. The summed E-state index contributed by atoms with van der Waals surface area (Å²) in [6.45, 7) is 1.38. The van der Waals surface area contributed by atoms with Crippen molar-refractivity contribution in [2.24, 2.45) is 5.92 Å². The highest BCUT2D eigenvalue weighted by Gasteiger charge is 2.30. The average molecular weight is 257 g/mol. The molecule has 4 heteroatoms. The second-order valence-corrected chi connectivity index (χ2v) is 5.72. The Morgan fingerprint density at radius 3 is 2.74 bits per heavy atom. The first-order valence-corrected chi connectivity index (χ1v) is 7.02. The van der Waals surface area contributed by atoms with Gasteiger partial charge in [-0.3, -0.25) is 4.79 Å². The number of hydrogen-bond acceptors (Lipinski definition) is 1. The van der Waals surface area contributed by atoms with Gasteiger partial charge in [0, 0.05) is 18.7 Å². The third-order valence-electron chi connectivity index (χ3n) is 4.30. The fourth-order valence-corrected chi connectivity index (χ4v) is 3.24. The fraction of sp³-hybridized carbons (Fsp3) is 0.533. The molecule has 1 aromatic rings. The summed E-state index contributed by atoms with van der Waals surface area (Å²) in [5.74, 6) is 0.0697. The first-order valence-electron chi connectivity index (χ1n) is 7.02. The van der Waals surface area contributed by atoms with Gasteiger partial charge in [-0.2, -0.15) is 0 Å². The van der Waals surface area contributed by atoms with Crippen molar-refractivity contribution in [2.45, 2.75) is 38.6 Å². The lowest BCUT2D eigenvalue weighted by atomic mass is 9.89. The zero-order valence-corrected chi connectivity index (χ0v) is 11.0. The van der Waals surface area contributed by atoms with Crippen LogP contribution >= 0.6 is 0 Å². The Kier molecular flexibility index (Phi) is 3.34. The second kappa shape index (κ2) is 4.99. The molecular weight excluding hydrogens is 240 g/mol. The largest absolute Gasteiger partial charge is 0.334 e. The van der Waals surface area contributed by atoms with Gasteiger partial charge in [-0.15, -0.1) is 0 Å². The maximum Gasteiger partial charge on any atom is 0.254 e. The zero-order chi connectivity index (χ0) is 13.4. The molecule has 1 saturated carbocycles. The van der Waals surface area contributed by atoms with Crippen LogP contribution in [0.5, 0.6) is 0 Å². The predicted molar refractivity (Wildman–Crippen MR) is 73.1 cm³/mol. The van der Waals surface area contributed by atoms with E-state index in [2.05, 4.69) is 0 Å². The number of amides is 1. The maximum absolute atomic E-state index is 13.4. The van der Waals surface area contributed by atoms with Crippen LogP contribution in [-0.4, -0.2) is 25.2 Å². The predicted octanol–water partition coefficient (Wildman–Crippen LogP) is 2.16. The quantitative estimate of drug-likeness (QED) is 0.743. The molecule has 1 aliphatic carbocycles. The van der Waals surface area contributed by atoms with Crippen molar-refractivity contribution in [3.05, 3.63) is 29.1 Å². The lowest BCUT2D eigenvalue weighted by Gasteiger charge is -2.26. The van der Waals surface area contributed by atoms with E-state index in [9.17, 15) is 9.18 Å². The fourth-order valence-electron chi connectivity index (χ4n) is 3.24. The minimum absolute atomic E-state index is 0.0422. The SMILES string of the molecule is [B]c1cc2c(cc1F)C(=O)N(CC1CCCCC1)C2. The number of hydrogen-bond donors (Lipinski definition) is 0. The van der Waals surface area contributed by atoms with Gasteiger partial charge in [-0.05, 0) is 30.4 Å². The molecule has 0 saturated heterocycles. The van der Waals surface area contributed by atoms with Crippen molar-refractivity contribution in [1.29, 1.82) is 0 Å². The molecule has 0 bridgehead atoms. The molecular formula is C15H17BFNO. The van der Waals surface area contributed by atoms with Gasteiger partial charge in [0.15, 0.2) is 0 Å². The molecule has 0 unspecified atom stereocenters. The summed E-state index contributed by atoms with van der Waals surface area (Å²) in [7, 11) is 5.56. The molecule has 1 fully saturated rings. The van der Waals surface area contributed by atoms with Crippen molar-refractivity contribution < 1.29 is 9.18 Å². The Bertz CT molecular complexity index is 511. The smallest absolute Gasteiger partial charge is 0.254 e. The van der Waals surface area contributed by atoms with Crippen LogP contribution in [0, 0.1) is 11.7 Å². The van der Waals surface area contributed by atoms with Gasteiger partial charge in [0.05, 0.1) is 0 Å². The van der Waals surface area contributed by atoms with Gasteiger partial charge in [0.1, 0.15) is 13.7 Å². The van der Waals surface area contributed by atoms with Crippen LogP contribution in [0.25, 0.3) is 0 Å². The van der Waals surface area contributed by atoms with Crippen molar-refractivity contribution in [2.75, 3.05) is 6.54 Å². The number of carbonyl (C=O) groups excluding carboxylic acids is 1. The topological polar surface area (TPSA) is 20.3 Å². The highest BCUT2D eigenvalue weighted by atomic mass is 19.1. The Morgan fingerprint density at radius 2 is 2.00 bits per heavy atom. The van der Waals surface area contributed by atoms with Gasteiger partial charge >= 0.3 is 0 Å². The monoisotopic (exact) mass is 257 g/mol. The van der Waals surface area contributed by atoms with Crippen LogP contribution in [0.3, 0.4) is 0 Å². The van der Waals surface area contributed by atoms with E-state index >= 15 is 0 Å². The zero-order valence-electron chi connectivity index (χ0n) is 11.0. The molecule has 2 radical (unpaired) electrons. The number of rotatable bonds is 2. The van der Waals surface area contributed by atoms with Crippen molar-refractivity contribution in [1.82, 2.24) is 4.90 Å². The summed E-state index contributed by atoms with van der Waals surface area (Å²) < 4.78 is 13.4. The van der Waals surface area contributed by atoms with E-state index in [1.807, 2.05) is 4.90 Å². The summed E-state index contributed by atoms with van der Waals surface area (Å²) in [6, 6.07) is 2.89. The van der Waals surface area contributed by atoms with Crippen molar-refractivity contribution in [3.8, 4) is 0 Å². The van der Waals surface area contributed by atoms with E-state index in [0.717, 1.165) is 12.1 Å². The van der Waals surface area contributed by atoms with Crippen LogP contribution in [0.4, 0.5) is 4.39 Å². The van der Waals surface area contributed by atoms with Crippen LogP contribution in [0.15, 0.2) is 12.1 Å². The number of fused-ring (bicyclic) bond motifs is 1. The molecule has 1 heterocycles. The lowest BCUT2D eigenvalue weighted by Crippen LogP contribution is -2.30. The molecule has 0 atom stereocenters. The Morgan fingerprint density at radius 1 is 1.26 bits per heavy atom. The normalized spacial score (nSPS) is 19.8. The molecule has 98 valence electrons. The highest BCUT2D eigenvalue weighted by molar-refractivity contribution is 6.32. The third kappa shape index (κ3) is 2.40. The van der Waals surface area contributed by atoms with Crippen molar-refractivity contribution in [3.63, 3.8) is 0 Å². The Balaban J connectivity index is 1.75. The Hall–Kier alpha value is -1.32. The highest BCUT2D eigenvalue weighted by Crippen LogP contribution is 2.28. The van der Waals surface area contributed by atoms with Gasteiger partial charge in [0.25, 0.3) is 5.91 Å². The standard InChI is InChI=1S/C15H17BFNO/c16-13-6-11-9-18(8-10-4-2-1-3-5-10)15(19)12(11)7-14(13)17/h6-7,10H,1-5,8-9H2. The molecule has 2 nitrogen and oxygen atoms in total. The molecule has 2 aliphatic rings. The molecule has 1 amide bonds. The maximum atomic E-state index is 13.4. The van der Waals surface area contributed by atoms with Gasteiger partial charge in [0.2, 0.25) is 0 Å². The first kappa shape index (κ1) is 12.7. The van der Waals surface area contributed by atoms with E-state index in [1.165, 1.54) is 38.2 Å². The van der Waals surface area contributed by atoms with Crippen LogP contribution in [-0.2, 0) is 6.54 Å². The van der Waals surface area contributed by atoms with Crippen LogP contribution < -0.4 is 5.46 Å². The molecule has 0 N–H and O–H groups in total. The van der Waals surface area contributed by atoms with Gasteiger partial charge < -0.3 is 4.90 Å². The summed E-state index contributed by atoms with van der Waals surface area (Å²) in [6.07, 6.45) is 6.25. The molecule has 19 heavy (non-hydrogen) atoms. The van der Waals surface area contributed by atoms with E-state index in [1.54, 1.807) is 6.07 Å². The Labute approximate surface area is 114 Å². The van der Waals surface area contributed by atoms with Gasteiger partial charge in [-0.25, -0.2) is 4.39 Å². The number of halogens is 1. The summed E-state index contributed by atoms with van der Waals surface area (Å²) in [5.41, 5.74) is 1.48.